The number of carbonyl (C=O) groups is 1. The second-order valence-electron chi connectivity index (χ2n) is 5.15. The van der Waals surface area contributed by atoms with Crippen LogP contribution in [0.15, 0.2) is 54.7 Å². The average molecular weight is 313 g/mol. The molecule has 112 valence electrons. The normalized spacial score (nSPS) is 10.8. The highest BCUT2D eigenvalue weighted by molar-refractivity contribution is 6.31. The van der Waals surface area contributed by atoms with Gasteiger partial charge in [0.15, 0.2) is 0 Å². The molecule has 22 heavy (non-hydrogen) atoms. The molecule has 0 spiro atoms. The Labute approximate surface area is 134 Å². The van der Waals surface area contributed by atoms with E-state index in [0.29, 0.717) is 18.0 Å². The topological polar surface area (TPSA) is 36.1 Å². The first-order valence-corrected chi connectivity index (χ1v) is 7.67. The van der Waals surface area contributed by atoms with Gasteiger partial charge in [0.1, 0.15) is 0 Å². The van der Waals surface area contributed by atoms with Crippen LogP contribution >= 0.6 is 11.6 Å². The van der Waals surface area contributed by atoms with E-state index >= 15 is 0 Å². The van der Waals surface area contributed by atoms with Gasteiger partial charge in [-0.2, -0.15) is 0 Å². The lowest BCUT2D eigenvalue weighted by Crippen LogP contribution is -2.31. The van der Waals surface area contributed by atoms with E-state index in [2.05, 4.69) is 4.98 Å². The van der Waals surface area contributed by atoms with Crippen molar-refractivity contribution in [2.75, 3.05) is 11.4 Å². The van der Waals surface area contributed by atoms with Crippen molar-refractivity contribution in [2.24, 2.45) is 0 Å². The number of nitrogens with zero attached hydrogens (tertiary/aromatic N) is 1. The molecule has 1 heterocycles. The largest absolute Gasteiger partial charge is 0.361 e. The fourth-order valence-electron chi connectivity index (χ4n) is 2.67. The maximum Gasteiger partial charge on any atom is 0.231 e. The van der Waals surface area contributed by atoms with Crippen molar-refractivity contribution in [3.63, 3.8) is 0 Å². The van der Waals surface area contributed by atoms with Gasteiger partial charge in [-0.15, -0.1) is 0 Å². The van der Waals surface area contributed by atoms with E-state index in [4.69, 9.17) is 11.6 Å². The lowest BCUT2D eigenvalue weighted by atomic mass is 10.1. The van der Waals surface area contributed by atoms with Crippen molar-refractivity contribution < 1.29 is 4.79 Å². The predicted molar refractivity (Wildman–Crippen MR) is 91.5 cm³/mol. The number of anilines is 1. The first kappa shape index (κ1) is 14.7. The summed E-state index contributed by atoms with van der Waals surface area (Å²) in [4.78, 5) is 17.6. The van der Waals surface area contributed by atoms with E-state index in [-0.39, 0.29) is 5.91 Å². The van der Waals surface area contributed by atoms with Crippen LogP contribution in [0.5, 0.6) is 0 Å². The lowest BCUT2D eigenvalue weighted by Gasteiger charge is -2.20. The molecule has 0 saturated heterocycles. The highest BCUT2D eigenvalue weighted by Gasteiger charge is 2.16. The molecule has 2 aromatic carbocycles. The molecule has 0 radical (unpaired) electrons. The van der Waals surface area contributed by atoms with E-state index in [1.165, 1.54) is 0 Å². The molecule has 3 rings (SSSR count). The monoisotopic (exact) mass is 312 g/mol. The van der Waals surface area contributed by atoms with Crippen LogP contribution in [0.25, 0.3) is 10.9 Å². The number of amides is 1. The van der Waals surface area contributed by atoms with E-state index < -0.39 is 0 Å². The van der Waals surface area contributed by atoms with Gasteiger partial charge in [-0.05, 0) is 42.8 Å². The molecule has 0 aliphatic carbocycles. The Morgan fingerprint density at radius 2 is 1.95 bits per heavy atom. The second kappa shape index (κ2) is 6.24. The van der Waals surface area contributed by atoms with Gasteiger partial charge in [0.25, 0.3) is 0 Å². The lowest BCUT2D eigenvalue weighted by molar-refractivity contribution is -0.117. The molecule has 1 amide bonds. The van der Waals surface area contributed by atoms with Crippen LogP contribution in [0.2, 0.25) is 5.02 Å². The predicted octanol–water partition coefficient (Wildman–Crippen LogP) is 4.42. The third-order valence-electron chi connectivity index (χ3n) is 3.76. The molecule has 1 N–H and O–H groups in total. The molecule has 4 heteroatoms. The van der Waals surface area contributed by atoms with Crippen LogP contribution in [-0.2, 0) is 11.2 Å². The van der Waals surface area contributed by atoms with Crippen molar-refractivity contribution in [2.45, 2.75) is 13.3 Å². The zero-order valence-corrected chi connectivity index (χ0v) is 13.1. The number of aromatic nitrogens is 1. The van der Waals surface area contributed by atoms with Crippen molar-refractivity contribution in [3.05, 3.63) is 65.3 Å². The van der Waals surface area contributed by atoms with Gasteiger partial charge in [0.05, 0.1) is 6.42 Å². The van der Waals surface area contributed by atoms with Gasteiger partial charge in [0, 0.05) is 34.4 Å². The highest BCUT2D eigenvalue weighted by Crippen LogP contribution is 2.24. The first-order chi connectivity index (χ1) is 10.7. The number of carbonyl (C=O) groups excluding carboxylic acids is 1. The average Bonchev–Trinajstić information content (AvgIpc) is 2.91. The summed E-state index contributed by atoms with van der Waals surface area (Å²) in [5.41, 5.74) is 2.89. The summed E-state index contributed by atoms with van der Waals surface area (Å²) in [7, 11) is 0. The fourth-order valence-corrected chi connectivity index (χ4v) is 2.84. The number of benzene rings is 2. The van der Waals surface area contributed by atoms with Crippen LogP contribution in [0, 0.1) is 0 Å². The molecule has 0 bridgehead atoms. The van der Waals surface area contributed by atoms with Gasteiger partial charge in [-0.1, -0.05) is 29.8 Å². The maximum absolute atomic E-state index is 12.6. The Bertz CT molecular complexity index is 795. The second-order valence-corrected chi connectivity index (χ2v) is 5.59. The molecule has 3 aromatic rings. The molecular weight excluding hydrogens is 296 g/mol. The number of likely N-dealkylation sites (N-methyl/N-ethyl adjacent to an activating group) is 1. The summed E-state index contributed by atoms with van der Waals surface area (Å²) in [6.45, 7) is 2.63. The fraction of sp³-hybridized carbons (Fsp3) is 0.167. The molecule has 0 aliphatic rings. The van der Waals surface area contributed by atoms with E-state index in [1.54, 1.807) is 4.90 Å². The van der Waals surface area contributed by atoms with Crippen LogP contribution in [0.1, 0.15) is 12.5 Å². The molecule has 0 fully saturated rings. The number of aromatic amines is 1. The number of hydrogen-bond donors (Lipinski definition) is 1. The minimum atomic E-state index is 0.0783. The van der Waals surface area contributed by atoms with Crippen molar-refractivity contribution in [1.82, 2.24) is 4.98 Å². The summed E-state index contributed by atoms with van der Waals surface area (Å²) in [6.07, 6.45) is 2.24. The van der Waals surface area contributed by atoms with E-state index in [9.17, 15) is 4.79 Å². The third kappa shape index (κ3) is 2.85. The Kier molecular flexibility index (Phi) is 4.16. The van der Waals surface area contributed by atoms with Crippen molar-refractivity contribution in [3.8, 4) is 0 Å². The first-order valence-electron chi connectivity index (χ1n) is 7.30. The number of halogens is 1. The van der Waals surface area contributed by atoms with Crippen molar-refractivity contribution in [1.29, 1.82) is 0 Å². The minimum absolute atomic E-state index is 0.0783. The number of para-hydroxylation sites is 1. The number of hydrogen-bond acceptors (Lipinski definition) is 1. The molecular formula is C18H17ClN2O. The van der Waals surface area contributed by atoms with Crippen LogP contribution in [0.3, 0.4) is 0 Å². The van der Waals surface area contributed by atoms with Gasteiger partial charge in [-0.25, -0.2) is 0 Å². The molecule has 0 atom stereocenters. The SMILES string of the molecule is CCN(C(=O)Cc1c[nH]c2ccc(Cl)cc12)c1ccccc1. The van der Waals surface area contributed by atoms with Gasteiger partial charge < -0.3 is 9.88 Å². The smallest absolute Gasteiger partial charge is 0.231 e. The number of nitrogens with one attached hydrogen (secondary N) is 1. The van der Waals surface area contributed by atoms with Gasteiger partial charge >= 0.3 is 0 Å². The molecule has 1 aromatic heterocycles. The Balaban J connectivity index is 1.87. The molecule has 3 nitrogen and oxygen atoms in total. The van der Waals surface area contributed by atoms with Gasteiger partial charge in [0.2, 0.25) is 5.91 Å². The Morgan fingerprint density at radius 1 is 1.18 bits per heavy atom. The summed E-state index contributed by atoms with van der Waals surface area (Å²) < 4.78 is 0. The van der Waals surface area contributed by atoms with Crippen LogP contribution < -0.4 is 4.90 Å². The zero-order valence-electron chi connectivity index (χ0n) is 12.3. The maximum atomic E-state index is 12.6. The highest BCUT2D eigenvalue weighted by atomic mass is 35.5. The van der Waals surface area contributed by atoms with E-state index in [0.717, 1.165) is 22.2 Å². The Hall–Kier alpha value is -2.26. The van der Waals surface area contributed by atoms with Crippen molar-refractivity contribution >= 4 is 34.1 Å². The minimum Gasteiger partial charge on any atom is -0.361 e. The van der Waals surface area contributed by atoms with Crippen LogP contribution in [0.4, 0.5) is 5.69 Å². The quantitative estimate of drug-likeness (QED) is 0.760. The Morgan fingerprint density at radius 3 is 2.68 bits per heavy atom. The van der Waals surface area contributed by atoms with E-state index in [1.807, 2.05) is 61.7 Å². The molecule has 0 unspecified atom stereocenters. The molecule has 0 saturated carbocycles. The summed E-state index contributed by atoms with van der Waals surface area (Å²) in [6, 6.07) is 15.4. The number of H-pyrrole nitrogens is 1. The van der Waals surface area contributed by atoms with Gasteiger partial charge in [-0.3, -0.25) is 4.79 Å². The summed E-state index contributed by atoms with van der Waals surface area (Å²) in [5, 5.41) is 1.68. The number of rotatable bonds is 4. The summed E-state index contributed by atoms with van der Waals surface area (Å²) in [5.74, 6) is 0.0783. The summed E-state index contributed by atoms with van der Waals surface area (Å²) >= 11 is 6.06. The zero-order chi connectivity index (χ0) is 15.5. The van der Waals surface area contributed by atoms with Crippen LogP contribution in [-0.4, -0.2) is 17.4 Å². The molecule has 0 aliphatic heterocycles. The number of fused-ring (bicyclic) bond motifs is 1. The third-order valence-corrected chi connectivity index (χ3v) is 3.99. The standard InChI is InChI=1S/C18H17ClN2O/c1-2-21(15-6-4-3-5-7-15)18(22)10-13-12-20-17-9-8-14(19)11-16(13)17/h3-9,11-12,20H,2,10H2,1H3.